The summed E-state index contributed by atoms with van der Waals surface area (Å²) < 4.78 is 0.866. The Kier molecular flexibility index (Phi) is 7.71. The fourth-order valence-corrected chi connectivity index (χ4v) is 2.52. The maximum absolute atomic E-state index is 11.8. The van der Waals surface area contributed by atoms with Gasteiger partial charge in [-0.15, -0.1) is 12.4 Å². The van der Waals surface area contributed by atoms with Crippen molar-refractivity contribution in [1.29, 1.82) is 0 Å². The van der Waals surface area contributed by atoms with E-state index < -0.39 is 0 Å². The highest BCUT2D eigenvalue weighted by Crippen LogP contribution is 2.11. The molecular weight excluding hydrogens is 358 g/mol. The van der Waals surface area contributed by atoms with Crippen LogP contribution in [0.5, 0.6) is 0 Å². The monoisotopic (exact) mass is 375 g/mol. The highest BCUT2D eigenvalue weighted by atomic mass is 79.9. The van der Waals surface area contributed by atoms with Crippen LogP contribution in [0.1, 0.15) is 23.2 Å². The second-order valence-corrected chi connectivity index (χ2v) is 5.62. The Bertz CT molecular complexity index is 493. The SMILES string of the molecule is Cl.O=C(NCCNC(=O)C1CCCN1)c1cccc(Br)c1. The van der Waals surface area contributed by atoms with Crippen molar-refractivity contribution < 1.29 is 9.59 Å². The van der Waals surface area contributed by atoms with Crippen LogP contribution >= 0.6 is 28.3 Å². The van der Waals surface area contributed by atoms with E-state index >= 15 is 0 Å². The molecule has 2 rings (SSSR count). The van der Waals surface area contributed by atoms with E-state index in [4.69, 9.17) is 0 Å². The Morgan fingerprint density at radius 2 is 2.05 bits per heavy atom. The van der Waals surface area contributed by atoms with E-state index in [0.717, 1.165) is 23.9 Å². The van der Waals surface area contributed by atoms with Gasteiger partial charge in [-0.3, -0.25) is 9.59 Å². The van der Waals surface area contributed by atoms with E-state index in [1.165, 1.54) is 0 Å². The van der Waals surface area contributed by atoms with Crippen LogP contribution in [0, 0.1) is 0 Å². The maximum atomic E-state index is 11.8. The molecule has 2 amide bonds. The van der Waals surface area contributed by atoms with Crippen LogP contribution in [0.15, 0.2) is 28.7 Å². The smallest absolute Gasteiger partial charge is 0.251 e. The Balaban J connectivity index is 0.00000220. The average Bonchev–Trinajstić information content (AvgIpc) is 2.97. The molecule has 0 saturated carbocycles. The van der Waals surface area contributed by atoms with E-state index in [1.54, 1.807) is 12.1 Å². The first-order valence-electron chi connectivity index (χ1n) is 6.71. The highest BCUT2D eigenvalue weighted by Gasteiger charge is 2.21. The number of hydrogen-bond acceptors (Lipinski definition) is 3. The van der Waals surface area contributed by atoms with E-state index in [2.05, 4.69) is 31.9 Å². The molecular formula is C14H19BrClN3O2. The molecule has 1 atom stereocenters. The van der Waals surface area contributed by atoms with Gasteiger partial charge in [0.15, 0.2) is 0 Å². The second kappa shape index (κ2) is 9.02. The third kappa shape index (κ3) is 5.65. The Morgan fingerprint density at radius 3 is 2.71 bits per heavy atom. The molecule has 1 aliphatic rings. The number of hydrogen-bond donors (Lipinski definition) is 3. The number of rotatable bonds is 5. The molecule has 5 nitrogen and oxygen atoms in total. The van der Waals surface area contributed by atoms with Gasteiger partial charge in [0.25, 0.3) is 5.91 Å². The lowest BCUT2D eigenvalue weighted by atomic mass is 10.2. The zero-order chi connectivity index (χ0) is 14.4. The predicted molar refractivity (Wildman–Crippen MR) is 87.8 cm³/mol. The molecule has 1 aliphatic heterocycles. The van der Waals surface area contributed by atoms with E-state index in [9.17, 15) is 9.59 Å². The molecule has 0 bridgehead atoms. The minimum Gasteiger partial charge on any atom is -0.353 e. The minimum atomic E-state index is -0.139. The summed E-state index contributed by atoms with van der Waals surface area (Å²) in [6.45, 7) is 1.76. The van der Waals surface area contributed by atoms with Gasteiger partial charge >= 0.3 is 0 Å². The second-order valence-electron chi connectivity index (χ2n) is 4.71. The van der Waals surface area contributed by atoms with Crippen LogP contribution < -0.4 is 16.0 Å². The summed E-state index contributed by atoms with van der Waals surface area (Å²) in [5.41, 5.74) is 0.600. The summed E-state index contributed by atoms with van der Waals surface area (Å²) in [5, 5.41) is 8.73. The molecule has 0 aromatic heterocycles. The molecule has 1 fully saturated rings. The first kappa shape index (κ1) is 17.9. The van der Waals surface area contributed by atoms with Crippen LogP contribution in [0.2, 0.25) is 0 Å². The Morgan fingerprint density at radius 1 is 1.29 bits per heavy atom. The third-order valence-electron chi connectivity index (χ3n) is 3.17. The lowest BCUT2D eigenvalue weighted by molar-refractivity contribution is -0.122. The molecule has 7 heteroatoms. The van der Waals surface area contributed by atoms with E-state index in [-0.39, 0.29) is 30.3 Å². The van der Waals surface area contributed by atoms with Crippen molar-refractivity contribution in [2.75, 3.05) is 19.6 Å². The van der Waals surface area contributed by atoms with Gasteiger partial charge in [0.05, 0.1) is 6.04 Å². The van der Waals surface area contributed by atoms with E-state index in [1.807, 2.05) is 12.1 Å². The van der Waals surface area contributed by atoms with Crippen molar-refractivity contribution in [3.05, 3.63) is 34.3 Å². The molecule has 1 aromatic carbocycles. The van der Waals surface area contributed by atoms with Crippen molar-refractivity contribution in [1.82, 2.24) is 16.0 Å². The Labute approximate surface area is 138 Å². The summed E-state index contributed by atoms with van der Waals surface area (Å²) >= 11 is 3.33. The zero-order valence-electron chi connectivity index (χ0n) is 11.5. The van der Waals surface area contributed by atoms with Crippen LogP contribution in [0.4, 0.5) is 0 Å². The van der Waals surface area contributed by atoms with Gasteiger partial charge in [-0.1, -0.05) is 22.0 Å². The third-order valence-corrected chi connectivity index (χ3v) is 3.67. The summed E-state index contributed by atoms with van der Waals surface area (Å²) in [5.74, 6) is -0.126. The van der Waals surface area contributed by atoms with Crippen molar-refractivity contribution in [3.63, 3.8) is 0 Å². The lowest BCUT2D eigenvalue weighted by Crippen LogP contribution is -2.43. The Hall–Kier alpha value is -1.11. The van der Waals surface area contributed by atoms with Crippen LogP contribution in [-0.2, 0) is 4.79 Å². The van der Waals surface area contributed by atoms with Gasteiger partial charge in [0.1, 0.15) is 0 Å². The fourth-order valence-electron chi connectivity index (χ4n) is 2.13. The van der Waals surface area contributed by atoms with Gasteiger partial charge in [-0.05, 0) is 37.6 Å². The molecule has 0 aliphatic carbocycles. The predicted octanol–water partition coefficient (Wildman–Crippen LogP) is 1.47. The molecule has 1 saturated heterocycles. The summed E-state index contributed by atoms with van der Waals surface area (Å²) in [6, 6.07) is 7.12. The van der Waals surface area contributed by atoms with Gasteiger partial charge in [0.2, 0.25) is 5.91 Å². The molecule has 3 N–H and O–H groups in total. The molecule has 0 radical (unpaired) electrons. The van der Waals surface area contributed by atoms with Crippen molar-refractivity contribution >= 4 is 40.2 Å². The molecule has 0 spiro atoms. The number of nitrogens with one attached hydrogen (secondary N) is 3. The van der Waals surface area contributed by atoms with Gasteiger partial charge in [-0.2, -0.15) is 0 Å². The molecule has 1 unspecified atom stereocenters. The zero-order valence-corrected chi connectivity index (χ0v) is 13.9. The van der Waals surface area contributed by atoms with E-state index in [0.29, 0.717) is 18.7 Å². The largest absolute Gasteiger partial charge is 0.353 e. The summed E-state index contributed by atoms with van der Waals surface area (Å²) in [7, 11) is 0. The molecule has 1 aromatic rings. The topological polar surface area (TPSA) is 70.2 Å². The summed E-state index contributed by atoms with van der Waals surface area (Å²) in [6.07, 6.45) is 1.92. The standard InChI is InChI=1S/C14H18BrN3O2.ClH/c15-11-4-1-3-10(9-11)13(19)17-7-8-18-14(20)12-5-2-6-16-12;/h1,3-4,9,12,16H,2,5-8H2,(H,17,19)(H,18,20);1H. The number of amides is 2. The van der Waals surface area contributed by atoms with Gasteiger partial charge in [0, 0.05) is 23.1 Å². The first-order valence-corrected chi connectivity index (χ1v) is 7.51. The van der Waals surface area contributed by atoms with Crippen molar-refractivity contribution in [2.45, 2.75) is 18.9 Å². The number of carbonyl (C=O) groups is 2. The lowest BCUT2D eigenvalue weighted by Gasteiger charge is -2.11. The fraction of sp³-hybridized carbons (Fsp3) is 0.429. The molecule has 116 valence electrons. The average molecular weight is 377 g/mol. The number of carbonyl (C=O) groups excluding carboxylic acids is 2. The normalized spacial score (nSPS) is 16.9. The van der Waals surface area contributed by atoms with Crippen molar-refractivity contribution in [2.24, 2.45) is 0 Å². The maximum Gasteiger partial charge on any atom is 0.251 e. The van der Waals surface area contributed by atoms with Gasteiger partial charge < -0.3 is 16.0 Å². The minimum absolute atomic E-state index is 0. The molecule has 1 heterocycles. The first-order chi connectivity index (χ1) is 9.66. The van der Waals surface area contributed by atoms with Crippen LogP contribution in [-0.4, -0.2) is 37.5 Å². The van der Waals surface area contributed by atoms with Crippen molar-refractivity contribution in [3.8, 4) is 0 Å². The quantitative estimate of drug-likeness (QED) is 0.682. The molecule has 21 heavy (non-hydrogen) atoms. The van der Waals surface area contributed by atoms with Gasteiger partial charge in [-0.25, -0.2) is 0 Å². The highest BCUT2D eigenvalue weighted by molar-refractivity contribution is 9.10. The number of benzene rings is 1. The number of halogens is 2. The van der Waals surface area contributed by atoms with Crippen LogP contribution in [0.3, 0.4) is 0 Å². The van der Waals surface area contributed by atoms with Crippen LogP contribution in [0.25, 0.3) is 0 Å². The summed E-state index contributed by atoms with van der Waals surface area (Å²) in [4.78, 5) is 23.6.